The van der Waals surface area contributed by atoms with Crippen LogP contribution in [-0.2, 0) is 27.4 Å². The molecular weight excluding hydrogens is 1320 g/mol. The Morgan fingerprint density at radius 2 is 0.890 bits per heavy atom. The Balaban J connectivity index is 0.00000122. The van der Waals surface area contributed by atoms with Gasteiger partial charge in [0, 0.05) is 62.7 Å². The molecule has 3 saturated heterocycles. The highest BCUT2D eigenvalue weighted by Crippen LogP contribution is 2.37. The summed E-state index contributed by atoms with van der Waals surface area (Å²) in [5, 5.41) is 49.3. The van der Waals surface area contributed by atoms with Crippen molar-refractivity contribution >= 4 is 53.6 Å². The number of carbonyl (C=O) groups is 3. The molecule has 11 rings (SSSR count). The Kier molecular flexibility index (Phi) is 42.8. The van der Waals surface area contributed by atoms with Crippen LogP contribution in [-0.4, -0.2) is 119 Å². The lowest BCUT2D eigenvalue weighted by Crippen LogP contribution is -2.46. The quantitative estimate of drug-likeness (QED) is 0.0850. The Hall–Kier alpha value is -9.66. The zero-order chi connectivity index (χ0) is 67.5. The van der Waals surface area contributed by atoms with Gasteiger partial charge in [0.1, 0.15) is 29.6 Å². The molecule has 0 spiro atoms. The fraction of sp³-hybridized carbons (Fsp3) is 0.380. The number of nitrogens with one attached hydrogen (secondary N) is 1. The van der Waals surface area contributed by atoms with Crippen molar-refractivity contribution in [2.45, 2.75) is 144 Å². The summed E-state index contributed by atoms with van der Waals surface area (Å²) in [5.74, 6) is 0.450. The molecule has 3 aliphatic rings. The van der Waals surface area contributed by atoms with Crippen LogP contribution >= 0.6 is 35.6 Å². The SMILES string of the molecule is C.C.C.C.C.CC(C)(C)OC(=O)N1CCC(C#N)(c2ccccc2)CC1.Cl.ClCCCCCCl.N#CC1(c2ccccc2)CCN(C(=O)c2cccnc2-c2ccncn2)CC1.N#CC1(c2ccccc2)CCNCC1.N#CCc1ccccc1.O=C(O)c1cccnc1-c1ccncn1. The molecule has 0 saturated carbocycles. The van der Waals surface area contributed by atoms with Crippen molar-refractivity contribution in [3.8, 4) is 47.1 Å². The monoisotopic (exact) mass is 1420 g/mol. The Labute approximate surface area is 610 Å². The van der Waals surface area contributed by atoms with Crippen molar-refractivity contribution in [3.05, 3.63) is 229 Å². The summed E-state index contributed by atoms with van der Waals surface area (Å²) in [4.78, 5) is 63.9. The molecule has 4 aromatic heterocycles. The summed E-state index contributed by atoms with van der Waals surface area (Å²) in [5.41, 5.74) is 5.24. The largest absolute Gasteiger partial charge is 0.478 e. The minimum Gasteiger partial charge on any atom is -0.478 e. The molecule has 18 nitrogen and oxygen atoms in total. The number of ether oxygens (including phenoxy) is 1. The van der Waals surface area contributed by atoms with E-state index in [0.717, 1.165) is 67.2 Å². The molecule has 8 aromatic rings. The van der Waals surface area contributed by atoms with E-state index in [1.54, 1.807) is 58.7 Å². The molecule has 532 valence electrons. The third-order valence-corrected chi connectivity index (χ3v) is 16.4. The van der Waals surface area contributed by atoms with Gasteiger partial charge >= 0.3 is 12.1 Å². The second-order valence-electron chi connectivity index (χ2n) is 23.2. The average molecular weight is 1420 g/mol. The number of hydrogen-bond acceptors (Lipinski definition) is 15. The van der Waals surface area contributed by atoms with Gasteiger partial charge in [0.25, 0.3) is 5.91 Å². The number of unbranched alkanes of at least 4 members (excludes halogenated alkanes) is 2. The minimum absolute atomic E-state index is 0. The molecule has 0 atom stereocenters. The molecule has 0 unspecified atom stereocenters. The highest BCUT2D eigenvalue weighted by molar-refractivity contribution is 6.18. The van der Waals surface area contributed by atoms with Crippen LogP contribution in [0.3, 0.4) is 0 Å². The molecule has 0 aliphatic carbocycles. The van der Waals surface area contributed by atoms with Crippen molar-refractivity contribution in [3.63, 3.8) is 0 Å². The van der Waals surface area contributed by atoms with E-state index in [1.165, 1.54) is 36.9 Å². The number of benzene rings is 4. The number of alkyl halides is 2. The maximum Gasteiger partial charge on any atom is 0.410 e. The number of likely N-dealkylation sites (tertiary alicyclic amines) is 2. The van der Waals surface area contributed by atoms with Crippen LogP contribution in [0.1, 0.15) is 159 Å². The molecule has 100 heavy (non-hydrogen) atoms. The predicted molar refractivity (Wildman–Crippen MR) is 405 cm³/mol. The van der Waals surface area contributed by atoms with Crippen LogP contribution in [0.2, 0.25) is 0 Å². The van der Waals surface area contributed by atoms with E-state index in [9.17, 15) is 30.2 Å². The molecule has 21 heteroatoms. The van der Waals surface area contributed by atoms with Gasteiger partial charge in [0.2, 0.25) is 0 Å². The number of hydrogen-bond donors (Lipinski definition) is 2. The maximum absolute atomic E-state index is 13.2. The first kappa shape index (κ1) is 90.3. The summed E-state index contributed by atoms with van der Waals surface area (Å²) in [6.45, 7) is 9.63. The topological polar surface area (TPSA) is 272 Å². The van der Waals surface area contributed by atoms with Crippen LogP contribution in [0.15, 0.2) is 195 Å². The Bertz CT molecular complexity index is 3750. The summed E-state index contributed by atoms with van der Waals surface area (Å²) < 4.78 is 5.39. The molecule has 3 aliphatic heterocycles. The second kappa shape index (κ2) is 47.4. The average Bonchev–Trinajstić information content (AvgIpc) is 0.801. The zero-order valence-corrected chi connectivity index (χ0v) is 56.1. The Morgan fingerprint density at radius 3 is 1.25 bits per heavy atom. The van der Waals surface area contributed by atoms with E-state index in [0.29, 0.717) is 86.6 Å². The normalized spacial score (nSPS) is 13.8. The van der Waals surface area contributed by atoms with Crippen LogP contribution in [0, 0.1) is 45.3 Å². The first-order chi connectivity index (χ1) is 45.6. The predicted octanol–water partition coefficient (Wildman–Crippen LogP) is 17.8. The number of carboxylic acid groups (broad SMARTS) is 1. The lowest BCUT2D eigenvalue weighted by atomic mass is 9.74. The van der Waals surface area contributed by atoms with Crippen LogP contribution < -0.4 is 5.32 Å². The van der Waals surface area contributed by atoms with E-state index in [2.05, 4.69) is 71.6 Å². The molecule has 2 amide bonds. The van der Waals surface area contributed by atoms with Crippen LogP contribution in [0.5, 0.6) is 0 Å². The van der Waals surface area contributed by atoms with Gasteiger partial charge in [0.05, 0.1) is 69.5 Å². The number of pyridine rings is 2. The molecule has 0 radical (unpaired) electrons. The molecule has 7 heterocycles. The van der Waals surface area contributed by atoms with Gasteiger partial charge in [0.15, 0.2) is 0 Å². The highest BCUT2D eigenvalue weighted by atomic mass is 35.5. The molecule has 2 N–H and O–H groups in total. The summed E-state index contributed by atoms with van der Waals surface area (Å²) in [7, 11) is 0. The van der Waals surface area contributed by atoms with Crippen molar-refractivity contribution in [1.82, 2.24) is 45.0 Å². The smallest absolute Gasteiger partial charge is 0.410 e. The zero-order valence-electron chi connectivity index (χ0n) is 53.8. The molecule has 3 fully saturated rings. The third kappa shape index (κ3) is 27.2. The van der Waals surface area contributed by atoms with Crippen molar-refractivity contribution in [1.29, 1.82) is 21.0 Å². The highest BCUT2D eigenvalue weighted by Gasteiger charge is 2.40. The van der Waals surface area contributed by atoms with Gasteiger partial charge in [-0.15, -0.1) is 35.6 Å². The number of carbonyl (C=O) groups excluding carboxylic acids is 2. The van der Waals surface area contributed by atoms with E-state index in [4.69, 9.17) is 38.3 Å². The van der Waals surface area contributed by atoms with Gasteiger partial charge in [-0.3, -0.25) is 14.8 Å². The number of aromatic nitrogens is 6. The fourth-order valence-electron chi connectivity index (χ4n) is 10.7. The second-order valence-corrected chi connectivity index (χ2v) is 24.0. The minimum atomic E-state index is -1.02. The lowest BCUT2D eigenvalue weighted by molar-refractivity contribution is 0.0185. The number of piperidine rings is 3. The summed E-state index contributed by atoms with van der Waals surface area (Å²) >= 11 is 10.8. The van der Waals surface area contributed by atoms with Crippen molar-refractivity contribution < 1.29 is 24.2 Å². The number of nitrogens with zero attached hydrogens (tertiary/aromatic N) is 12. The van der Waals surface area contributed by atoms with Gasteiger partial charge in [-0.1, -0.05) is 165 Å². The molecule has 0 bridgehead atoms. The first-order valence-corrected chi connectivity index (χ1v) is 32.2. The number of aromatic carboxylic acids is 1. The maximum atomic E-state index is 13.2. The van der Waals surface area contributed by atoms with E-state index >= 15 is 0 Å². The molecular formula is C79H100Cl3N13O5. The lowest BCUT2D eigenvalue weighted by Gasteiger charge is -2.38. The molecule has 4 aromatic carbocycles. The van der Waals surface area contributed by atoms with Crippen LogP contribution in [0.4, 0.5) is 4.79 Å². The number of rotatable bonds is 12. The van der Waals surface area contributed by atoms with E-state index in [-0.39, 0.29) is 72.5 Å². The third-order valence-electron chi connectivity index (χ3n) is 15.9. The number of carboxylic acids is 1. The number of amides is 2. The van der Waals surface area contributed by atoms with Crippen LogP contribution in [0.25, 0.3) is 22.8 Å². The van der Waals surface area contributed by atoms with Gasteiger partial charge in [-0.05, 0) is 144 Å². The van der Waals surface area contributed by atoms with Gasteiger partial charge in [-0.2, -0.15) is 21.0 Å². The fourth-order valence-corrected chi connectivity index (χ4v) is 11.0. The van der Waals surface area contributed by atoms with E-state index in [1.807, 2.05) is 130 Å². The van der Waals surface area contributed by atoms with Gasteiger partial charge in [-0.25, -0.2) is 29.5 Å². The first-order valence-electron chi connectivity index (χ1n) is 31.2. The van der Waals surface area contributed by atoms with Gasteiger partial charge < -0.3 is 25.0 Å². The Morgan fingerprint density at radius 1 is 0.510 bits per heavy atom. The van der Waals surface area contributed by atoms with Crippen molar-refractivity contribution in [2.24, 2.45) is 0 Å². The standard InChI is InChI=1S/C22H19N5O.C17H22N2O2.C12H14N2.C10H7N3O2.C8H7N.C5H10Cl2.5CH4.ClH/c23-15-22(17-5-2-1-3-6-17)9-13-27(14-10-22)21(28)18-7-4-11-25-20(18)19-8-12-24-16-26-19;1-16(2,3)21-15(20)19-11-9-17(13-18,10-12-19)14-7-5-4-6-8-14;13-10-12(6-8-14-9-7-12)11-4-2-1-3-5-11;14-10(15)7-2-1-4-12-9(7)8-3-5-11-6-13-8;9-7-6-8-4-2-1-3-5-8;6-4-2-1-3-5-7;;;;;;/h1-8,11-12,16H,9-10,13-14H2;4-8H,9-12H2,1-3H3;1-5,14H,6-9H2;1-6H,(H,14,15);1-5H,6H2;1-5H2;5*1H4;1H. The summed E-state index contributed by atoms with van der Waals surface area (Å²) in [6.07, 6.45) is 17.1. The van der Waals surface area contributed by atoms with E-state index < -0.39 is 22.4 Å². The van der Waals surface area contributed by atoms with Crippen molar-refractivity contribution in [2.75, 3.05) is 51.0 Å². The number of halogens is 3. The number of nitriles is 4. The summed E-state index contributed by atoms with van der Waals surface area (Å²) in [6, 6.07) is 59.1.